The van der Waals surface area contributed by atoms with Crippen molar-refractivity contribution in [2.24, 2.45) is 0 Å². The molecule has 0 heterocycles. The molecule has 0 spiro atoms. The summed E-state index contributed by atoms with van der Waals surface area (Å²) in [6, 6.07) is 10.1. The molecule has 0 aliphatic carbocycles. The molecule has 92 valence electrons. The van der Waals surface area contributed by atoms with Gasteiger partial charge in [0.15, 0.2) is 11.6 Å². The molecule has 4 heteroatoms. The van der Waals surface area contributed by atoms with E-state index < -0.39 is 5.82 Å². The van der Waals surface area contributed by atoms with Crippen molar-refractivity contribution >= 4 is 22.2 Å². The van der Waals surface area contributed by atoms with Gasteiger partial charge in [0, 0.05) is 11.1 Å². The number of hydrogen-bond donors (Lipinski definition) is 0. The van der Waals surface area contributed by atoms with Crippen LogP contribution < -0.4 is 4.74 Å². The maximum Gasteiger partial charge on any atom is 0.174 e. The summed E-state index contributed by atoms with van der Waals surface area (Å²) in [5.41, 5.74) is 1.69. The molecule has 2 nitrogen and oxygen atoms in total. The number of hydrogen-bond acceptors (Lipinski definition) is 2. The highest BCUT2D eigenvalue weighted by Gasteiger charge is 2.13. The number of methoxy groups -OCH3 is 1. The van der Waals surface area contributed by atoms with Crippen molar-refractivity contribution < 1.29 is 13.9 Å². The minimum atomic E-state index is -0.425. The molecule has 0 aliphatic heterocycles. The molecule has 0 saturated carbocycles. The Morgan fingerprint density at radius 2 is 1.83 bits per heavy atom. The molecule has 0 N–H and O–H groups in total. The van der Waals surface area contributed by atoms with Crippen molar-refractivity contribution in [3.05, 3.63) is 52.3 Å². The molecule has 0 fully saturated rings. The minimum absolute atomic E-state index is 0.173. The summed E-state index contributed by atoms with van der Waals surface area (Å²) in [4.78, 5) is 10.6. The number of carbonyl (C=O) groups is 1. The molecule has 18 heavy (non-hydrogen) atoms. The Hall–Kier alpha value is -1.68. The molecule has 0 aliphatic rings. The first kappa shape index (κ1) is 12.8. The fourth-order valence-corrected chi connectivity index (χ4v) is 2.15. The van der Waals surface area contributed by atoms with E-state index in [9.17, 15) is 9.18 Å². The van der Waals surface area contributed by atoms with Crippen LogP contribution in [-0.2, 0) is 0 Å². The molecule has 0 saturated heterocycles. The van der Waals surface area contributed by atoms with Gasteiger partial charge in [-0.05, 0) is 27.6 Å². The Labute approximate surface area is 113 Å². The first-order valence-electron chi connectivity index (χ1n) is 5.25. The van der Waals surface area contributed by atoms with Gasteiger partial charge >= 0.3 is 0 Å². The molecule has 0 bridgehead atoms. The Balaban J connectivity index is 2.53. The zero-order valence-electron chi connectivity index (χ0n) is 9.61. The summed E-state index contributed by atoms with van der Waals surface area (Å²) >= 11 is 3.23. The fraction of sp³-hybridized carbons (Fsp3) is 0.0714. The highest BCUT2D eigenvalue weighted by Crippen LogP contribution is 2.34. The Morgan fingerprint density at radius 3 is 2.39 bits per heavy atom. The van der Waals surface area contributed by atoms with Gasteiger partial charge in [0.25, 0.3) is 0 Å². The fourth-order valence-electron chi connectivity index (χ4n) is 1.68. The largest absolute Gasteiger partial charge is 0.492 e. The topological polar surface area (TPSA) is 26.3 Å². The lowest BCUT2D eigenvalue weighted by molar-refractivity contribution is 0.112. The van der Waals surface area contributed by atoms with Crippen molar-refractivity contribution in [2.75, 3.05) is 7.11 Å². The van der Waals surface area contributed by atoms with Crippen LogP contribution in [0.15, 0.2) is 40.9 Å². The standard InChI is InChI=1S/C14H10BrFO2/c1-18-14-12(15)7-6-11(13(14)16)10-4-2-9(8-17)3-5-10/h2-8H,1H3. The highest BCUT2D eigenvalue weighted by molar-refractivity contribution is 9.10. The number of halogens is 2. The van der Waals surface area contributed by atoms with Crippen LogP contribution in [0.25, 0.3) is 11.1 Å². The molecule has 0 radical (unpaired) electrons. The Bertz CT molecular complexity index is 579. The van der Waals surface area contributed by atoms with Crippen LogP contribution in [0.2, 0.25) is 0 Å². The van der Waals surface area contributed by atoms with E-state index >= 15 is 0 Å². The molecule has 0 amide bonds. The third-order valence-electron chi connectivity index (χ3n) is 2.61. The smallest absolute Gasteiger partial charge is 0.174 e. The number of benzene rings is 2. The van der Waals surface area contributed by atoms with Crippen molar-refractivity contribution in [3.63, 3.8) is 0 Å². The summed E-state index contributed by atoms with van der Waals surface area (Å²) in [6.45, 7) is 0. The van der Waals surface area contributed by atoms with Crippen LogP contribution in [0.1, 0.15) is 10.4 Å². The summed E-state index contributed by atoms with van der Waals surface area (Å²) in [5, 5.41) is 0. The molecule has 0 atom stereocenters. The quantitative estimate of drug-likeness (QED) is 0.799. The molecular formula is C14H10BrFO2. The lowest BCUT2D eigenvalue weighted by Gasteiger charge is -2.09. The van der Waals surface area contributed by atoms with Crippen molar-refractivity contribution in [2.45, 2.75) is 0 Å². The van der Waals surface area contributed by atoms with Gasteiger partial charge in [0.2, 0.25) is 0 Å². The van der Waals surface area contributed by atoms with Gasteiger partial charge in [-0.15, -0.1) is 0 Å². The number of carbonyl (C=O) groups excluding carboxylic acids is 1. The van der Waals surface area contributed by atoms with Gasteiger partial charge in [-0.1, -0.05) is 30.3 Å². The van der Waals surface area contributed by atoms with Crippen LogP contribution in [0.4, 0.5) is 4.39 Å². The van der Waals surface area contributed by atoms with E-state index in [0.717, 1.165) is 6.29 Å². The molecule has 0 unspecified atom stereocenters. The molecule has 2 aromatic carbocycles. The first-order valence-corrected chi connectivity index (χ1v) is 6.04. The van der Waals surface area contributed by atoms with E-state index in [0.29, 0.717) is 21.2 Å². The van der Waals surface area contributed by atoms with Crippen LogP contribution in [0, 0.1) is 5.82 Å². The Morgan fingerprint density at radius 1 is 1.17 bits per heavy atom. The van der Waals surface area contributed by atoms with Crippen LogP contribution in [0.5, 0.6) is 5.75 Å². The normalized spacial score (nSPS) is 10.2. The van der Waals surface area contributed by atoms with Crippen molar-refractivity contribution in [1.82, 2.24) is 0 Å². The number of rotatable bonds is 3. The lowest BCUT2D eigenvalue weighted by atomic mass is 10.0. The zero-order valence-corrected chi connectivity index (χ0v) is 11.2. The monoisotopic (exact) mass is 308 g/mol. The molecule has 2 aromatic rings. The van der Waals surface area contributed by atoms with E-state index in [1.54, 1.807) is 36.4 Å². The van der Waals surface area contributed by atoms with Crippen molar-refractivity contribution in [1.29, 1.82) is 0 Å². The predicted octanol–water partition coefficient (Wildman–Crippen LogP) is 4.08. The van der Waals surface area contributed by atoms with Gasteiger partial charge < -0.3 is 4.74 Å². The highest BCUT2D eigenvalue weighted by atomic mass is 79.9. The lowest BCUT2D eigenvalue weighted by Crippen LogP contribution is -1.93. The second-order valence-corrected chi connectivity index (χ2v) is 4.54. The van der Waals surface area contributed by atoms with Gasteiger partial charge in [0.05, 0.1) is 11.6 Å². The third kappa shape index (κ3) is 2.29. The first-order chi connectivity index (χ1) is 8.67. The van der Waals surface area contributed by atoms with Crippen molar-refractivity contribution in [3.8, 4) is 16.9 Å². The van der Waals surface area contributed by atoms with E-state index in [4.69, 9.17) is 4.74 Å². The van der Waals surface area contributed by atoms with E-state index in [1.807, 2.05) is 0 Å². The SMILES string of the molecule is COc1c(Br)ccc(-c2ccc(C=O)cc2)c1F. The third-order valence-corrected chi connectivity index (χ3v) is 3.24. The van der Waals surface area contributed by atoms with E-state index in [-0.39, 0.29) is 5.75 Å². The summed E-state index contributed by atoms with van der Waals surface area (Å²) < 4.78 is 19.7. The molecular weight excluding hydrogens is 299 g/mol. The maximum atomic E-state index is 14.2. The van der Waals surface area contributed by atoms with Gasteiger partial charge in [0.1, 0.15) is 6.29 Å². The summed E-state index contributed by atoms with van der Waals surface area (Å²) in [6.07, 6.45) is 0.752. The van der Waals surface area contributed by atoms with Gasteiger partial charge in [-0.25, -0.2) is 4.39 Å². The molecule has 2 rings (SSSR count). The van der Waals surface area contributed by atoms with Crippen LogP contribution in [0.3, 0.4) is 0 Å². The maximum absolute atomic E-state index is 14.2. The van der Waals surface area contributed by atoms with E-state index in [1.165, 1.54) is 7.11 Å². The van der Waals surface area contributed by atoms with Crippen LogP contribution >= 0.6 is 15.9 Å². The molecule has 0 aromatic heterocycles. The Kier molecular flexibility index (Phi) is 3.77. The average molecular weight is 309 g/mol. The average Bonchev–Trinajstić information content (AvgIpc) is 2.40. The van der Waals surface area contributed by atoms with Gasteiger partial charge in [-0.2, -0.15) is 0 Å². The zero-order chi connectivity index (χ0) is 13.1. The number of ether oxygens (including phenoxy) is 1. The number of aldehydes is 1. The second kappa shape index (κ2) is 5.31. The van der Waals surface area contributed by atoms with Gasteiger partial charge in [-0.3, -0.25) is 4.79 Å². The second-order valence-electron chi connectivity index (χ2n) is 3.68. The van der Waals surface area contributed by atoms with Crippen LogP contribution in [-0.4, -0.2) is 13.4 Å². The summed E-state index contributed by atoms with van der Waals surface area (Å²) in [5.74, 6) is -0.252. The summed E-state index contributed by atoms with van der Waals surface area (Å²) in [7, 11) is 1.42. The van der Waals surface area contributed by atoms with E-state index in [2.05, 4.69) is 15.9 Å². The predicted molar refractivity (Wildman–Crippen MR) is 71.5 cm³/mol. The minimum Gasteiger partial charge on any atom is -0.492 e.